The SMILES string of the molecule is C1=CC2Sc3c(nc(-c4ccccc4)nc3-n3c4ccccc4c4c5c6ccccc6sc5c5ccccc5c43)C2C=C1. The molecule has 5 heteroatoms. The molecule has 0 fully saturated rings. The van der Waals surface area contributed by atoms with Crippen molar-refractivity contribution in [3.8, 4) is 17.2 Å². The minimum Gasteiger partial charge on any atom is -0.292 e. The molecular formula is C38H23N3S2. The third-order valence-corrected chi connectivity index (χ3v) is 11.5. The van der Waals surface area contributed by atoms with Crippen LogP contribution in [0.4, 0.5) is 0 Å². The van der Waals surface area contributed by atoms with Gasteiger partial charge in [0, 0.05) is 58.4 Å². The molecule has 0 bridgehead atoms. The predicted molar refractivity (Wildman–Crippen MR) is 183 cm³/mol. The molecule has 202 valence electrons. The van der Waals surface area contributed by atoms with E-state index in [9.17, 15) is 0 Å². The molecule has 2 unspecified atom stereocenters. The fraction of sp³-hybridized carbons (Fsp3) is 0.0526. The van der Waals surface area contributed by atoms with E-state index < -0.39 is 0 Å². The van der Waals surface area contributed by atoms with Crippen LogP contribution in [0.3, 0.4) is 0 Å². The van der Waals surface area contributed by atoms with Crippen molar-refractivity contribution < 1.29 is 0 Å². The molecule has 0 saturated heterocycles. The summed E-state index contributed by atoms with van der Waals surface area (Å²) in [6.45, 7) is 0. The molecule has 0 amide bonds. The Hall–Kier alpha value is -4.71. The molecule has 43 heavy (non-hydrogen) atoms. The molecule has 0 N–H and O–H groups in total. The highest BCUT2D eigenvalue weighted by atomic mass is 32.2. The molecule has 4 heterocycles. The van der Waals surface area contributed by atoms with Crippen molar-refractivity contribution in [3.63, 3.8) is 0 Å². The van der Waals surface area contributed by atoms with Crippen LogP contribution in [0.15, 0.2) is 132 Å². The summed E-state index contributed by atoms with van der Waals surface area (Å²) >= 11 is 3.80. The van der Waals surface area contributed by atoms with Crippen LogP contribution in [0.5, 0.6) is 0 Å². The summed E-state index contributed by atoms with van der Waals surface area (Å²) in [5.41, 5.74) is 4.55. The van der Waals surface area contributed by atoms with E-state index in [1.54, 1.807) is 0 Å². The Morgan fingerprint density at radius 1 is 0.628 bits per heavy atom. The molecule has 3 aromatic heterocycles. The third-order valence-electron chi connectivity index (χ3n) is 8.92. The largest absolute Gasteiger partial charge is 0.292 e. The molecule has 8 aromatic rings. The van der Waals surface area contributed by atoms with Crippen LogP contribution in [0.1, 0.15) is 11.6 Å². The van der Waals surface area contributed by atoms with Crippen molar-refractivity contribution in [2.45, 2.75) is 16.1 Å². The van der Waals surface area contributed by atoms with Crippen molar-refractivity contribution >= 4 is 75.8 Å². The van der Waals surface area contributed by atoms with Crippen molar-refractivity contribution in [3.05, 3.63) is 133 Å². The predicted octanol–water partition coefficient (Wildman–Crippen LogP) is 10.4. The molecule has 2 atom stereocenters. The zero-order valence-corrected chi connectivity index (χ0v) is 24.6. The van der Waals surface area contributed by atoms with Gasteiger partial charge in [0.05, 0.1) is 21.6 Å². The standard InChI is InChI=1S/C38H23N3S2/c1-2-12-22(13-3-1)37-39-33-27-18-8-11-21-30(27)43-36(33)38(40-37)41-28-19-9-6-16-25(28)31-32-26-17-7-10-20-29(26)42-35(32)24-15-5-4-14-23(24)34(31)41/h1-21,27,30H. The number of hydrogen-bond donors (Lipinski definition) is 0. The summed E-state index contributed by atoms with van der Waals surface area (Å²) in [6, 6.07) is 37.0. The van der Waals surface area contributed by atoms with E-state index in [-0.39, 0.29) is 5.92 Å². The van der Waals surface area contributed by atoms with Crippen LogP contribution in [0.2, 0.25) is 0 Å². The van der Waals surface area contributed by atoms with Gasteiger partial charge in [-0.2, -0.15) is 0 Å². The second-order valence-electron chi connectivity index (χ2n) is 11.3. The van der Waals surface area contributed by atoms with E-state index in [0.717, 1.165) is 22.9 Å². The Kier molecular flexibility index (Phi) is 4.93. The normalized spacial score (nSPS) is 17.5. The van der Waals surface area contributed by atoms with Gasteiger partial charge in [-0.05, 0) is 12.1 Å². The lowest BCUT2D eigenvalue weighted by Crippen LogP contribution is -2.10. The first-order valence-electron chi connectivity index (χ1n) is 14.6. The molecule has 3 nitrogen and oxygen atoms in total. The van der Waals surface area contributed by atoms with Gasteiger partial charge in [-0.15, -0.1) is 23.1 Å². The summed E-state index contributed by atoms with van der Waals surface area (Å²) in [5.74, 6) is 1.97. The smallest absolute Gasteiger partial charge is 0.161 e. The Morgan fingerprint density at radius 3 is 2.23 bits per heavy atom. The fourth-order valence-corrected chi connectivity index (χ4v) is 9.68. The Labute approximate surface area is 255 Å². The van der Waals surface area contributed by atoms with Gasteiger partial charge in [0.2, 0.25) is 0 Å². The van der Waals surface area contributed by atoms with E-state index in [0.29, 0.717) is 5.25 Å². The highest BCUT2D eigenvalue weighted by Crippen LogP contribution is 2.52. The number of fused-ring (bicyclic) bond motifs is 13. The maximum absolute atomic E-state index is 5.44. The van der Waals surface area contributed by atoms with Crippen LogP contribution >= 0.6 is 23.1 Å². The second kappa shape index (κ2) is 8.90. The summed E-state index contributed by atoms with van der Waals surface area (Å²) in [7, 11) is 0. The monoisotopic (exact) mass is 585 g/mol. The van der Waals surface area contributed by atoms with E-state index in [4.69, 9.17) is 9.97 Å². The topological polar surface area (TPSA) is 30.7 Å². The second-order valence-corrected chi connectivity index (χ2v) is 13.5. The molecule has 0 saturated carbocycles. The first-order valence-corrected chi connectivity index (χ1v) is 16.3. The maximum atomic E-state index is 5.44. The molecule has 0 spiro atoms. The van der Waals surface area contributed by atoms with E-state index in [2.05, 4.69) is 126 Å². The lowest BCUT2D eigenvalue weighted by Gasteiger charge is -2.16. The number of hydrogen-bond acceptors (Lipinski definition) is 4. The molecule has 5 aromatic carbocycles. The summed E-state index contributed by atoms with van der Waals surface area (Å²) in [4.78, 5) is 11.9. The lowest BCUT2D eigenvalue weighted by atomic mass is 9.96. The number of thiophene rings is 1. The van der Waals surface area contributed by atoms with Crippen molar-refractivity contribution in [1.82, 2.24) is 14.5 Å². The van der Waals surface area contributed by atoms with Gasteiger partial charge in [0.25, 0.3) is 0 Å². The Morgan fingerprint density at radius 2 is 1.35 bits per heavy atom. The van der Waals surface area contributed by atoms with Gasteiger partial charge < -0.3 is 0 Å². The number of thioether (sulfide) groups is 1. The first kappa shape index (κ1) is 23.8. The lowest BCUT2D eigenvalue weighted by molar-refractivity contribution is 0.818. The zero-order valence-electron chi connectivity index (χ0n) is 22.9. The molecule has 2 aliphatic rings. The zero-order chi connectivity index (χ0) is 28.1. The number of aromatic nitrogens is 3. The van der Waals surface area contributed by atoms with E-state index >= 15 is 0 Å². The van der Waals surface area contributed by atoms with Crippen LogP contribution in [0, 0.1) is 0 Å². The summed E-state index contributed by atoms with van der Waals surface area (Å²) < 4.78 is 5.11. The first-order chi connectivity index (χ1) is 21.3. The summed E-state index contributed by atoms with van der Waals surface area (Å²) in [6.07, 6.45) is 8.94. The quantitative estimate of drug-likeness (QED) is 0.202. The van der Waals surface area contributed by atoms with E-state index in [1.807, 2.05) is 29.2 Å². The molecule has 10 rings (SSSR count). The van der Waals surface area contributed by atoms with Gasteiger partial charge in [0.15, 0.2) is 11.6 Å². The van der Waals surface area contributed by atoms with Crippen LogP contribution in [0.25, 0.3) is 70.0 Å². The minimum absolute atomic E-state index is 0.228. The minimum atomic E-state index is 0.228. The van der Waals surface area contributed by atoms with E-state index in [1.165, 1.54) is 57.6 Å². The van der Waals surface area contributed by atoms with Crippen molar-refractivity contribution in [1.29, 1.82) is 0 Å². The van der Waals surface area contributed by atoms with Gasteiger partial charge in [-0.25, -0.2) is 9.97 Å². The highest BCUT2D eigenvalue weighted by Gasteiger charge is 2.37. The number of benzene rings is 5. The molecular weight excluding hydrogens is 563 g/mol. The van der Waals surface area contributed by atoms with Gasteiger partial charge >= 0.3 is 0 Å². The molecule has 0 radical (unpaired) electrons. The maximum Gasteiger partial charge on any atom is 0.161 e. The van der Waals surface area contributed by atoms with Crippen LogP contribution < -0.4 is 0 Å². The Bertz CT molecular complexity index is 2500. The number of allylic oxidation sites excluding steroid dienone is 3. The van der Waals surface area contributed by atoms with Gasteiger partial charge in [-0.3, -0.25) is 4.57 Å². The van der Waals surface area contributed by atoms with Crippen LogP contribution in [-0.4, -0.2) is 19.8 Å². The van der Waals surface area contributed by atoms with Crippen molar-refractivity contribution in [2.24, 2.45) is 0 Å². The third kappa shape index (κ3) is 3.26. The van der Waals surface area contributed by atoms with Crippen LogP contribution in [-0.2, 0) is 0 Å². The molecule has 1 aliphatic heterocycles. The summed E-state index contributed by atoms with van der Waals surface area (Å²) in [5, 5.41) is 8.07. The van der Waals surface area contributed by atoms with Crippen molar-refractivity contribution in [2.75, 3.05) is 0 Å². The highest BCUT2D eigenvalue weighted by molar-refractivity contribution is 8.00. The fourth-order valence-electron chi connectivity index (χ4n) is 7.08. The number of para-hydroxylation sites is 1. The molecule has 1 aliphatic carbocycles. The average Bonchev–Trinajstić information content (AvgIpc) is 3.75. The van der Waals surface area contributed by atoms with Gasteiger partial charge in [0.1, 0.15) is 0 Å². The van der Waals surface area contributed by atoms with Gasteiger partial charge in [-0.1, -0.05) is 115 Å². The number of nitrogens with zero attached hydrogens (tertiary/aromatic N) is 3. The number of rotatable bonds is 2. The Balaban J connectivity index is 1.43. The average molecular weight is 586 g/mol.